The Labute approximate surface area is 172 Å². The normalized spacial score (nSPS) is 23.9. The van der Waals surface area contributed by atoms with Crippen molar-refractivity contribution >= 4 is 5.91 Å². The largest absolute Gasteiger partial charge is 0.393 e. The molecular weight excluding hydrogens is 366 g/mol. The minimum absolute atomic E-state index is 0.0423. The van der Waals surface area contributed by atoms with Crippen LogP contribution < -0.4 is 0 Å². The molecule has 2 aliphatic rings. The van der Waals surface area contributed by atoms with Crippen molar-refractivity contribution in [2.24, 2.45) is 0 Å². The number of morpholine rings is 1. The molecule has 0 aliphatic carbocycles. The number of hydrogen-bond donors (Lipinski definition) is 1. The van der Waals surface area contributed by atoms with Gasteiger partial charge in [0.05, 0.1) is 24.9 Å². The number of hydrogen-bond acceptors (Lipinski definition) is 5. The molecule has 0 saturated carbocycles. The number of piperidine rings is 1. The minimum Gasteiger partial charge on any atom is -0.393 e. The van der Waals surface area contributed by atoms with E-state index < -0.39 is 0 Å². The standard InChI is InChI=1S/C23H29N3O3/c1-17-6-5-11-24-21(17)23(28)26-14-15-29-20(16-25-12-9-19(27)10-13-25)22(26)18-7-3-2-4-8-18/h2-8,11,19-20,22,27H,9-10,12-16H2,1H3/t20-,22-/m0/s1. The third-order valence-corrected chi connectivity index (χ3v) is 5.96. The molecule has 2 aromatic rings. The van der Waals surface area contributed by atoms with Gasteiger partial charge in [0.15, 0.2) is 0 Å². The van der Waals surface area contributed by atoms with Crippen LogP contribution in [0.5, 0.6) is 0 Å². The van der Waals surface area contributed by atoms with Gasteiger partial charge in [-0.3, -0.25) is 9.78 Å². The SMILES string of the molecule is Cc1cccnc1C(=O)N1CCO[C@@H](CN2CCC(O)CC2)[C@@H]1c1ccccc1. The van der Waals surface area contributed by atoms with E-state index >= 15 is 0 Å². The molecule has 29 heavy (non-hydrogen) atoms. The lowest BCUT2D eigenvalue weighted by atomic mass is 9.96. The van der Waals surface area contributed by atoms with Crippen molar-refractivity contribution in [2.45, 2.75) is 38.0 Å². The Morgan fingerprint density at radius 3 is 2.62 bits per heavy atom. The molecule has 1 aromatic carbocycles. The van der Waals surface area contributed by atoms with Crippen molar-refractivity contribution in [3.05, 3.63) is 65.5 Å². The average molecular weight is 396 g/mol. The Hall–Kier alpha value is -2.28. The van der Waals surface area contributed by atoms with Crippen molar-refractivity contribution in [3.63, 3.8) is 0 Å². The van der Waals surface area contributed by atoms with Gasteiger partial charge >= 0.3 is 0 Å². The molecule has 4 rings (SSSR count). The van der Waals surface area contributed by atoms with Crippen molar-refractivity contribution in [1.29, 1.82) is 0 Å². The Balaban J connectivity index is 1.61. The van der Waals surface area contributed by atoms with E-state index in [4.69, 9.17) is 4.74 Å². The molecule has 0 radical (unpaired) electrons. The van der Waals surface area contributed by atoms with Crippen LogP contribution >= 0.6 is 0 Å². The molecule has 0 spiro atoms. The van der Waals surface area contributed by atoms with Crippen LogP contribution in [0.2, 0.25) is 0 Å². The first-order valence-corrected chi connectivity index (χ1v) is 10.4. The van der Waals surface area contributed by atoms with E-state index in [1.54, 1.807) is 6.20 Å². The highest BCUT2D eigenvalue weighted by atomic mass is 16.5. The van der Waals surface area contributed by atoms with Crippen molar-refractivity contribution in [1.82, 2.24) is 14.8 Å². The average Bonchev–Trinajstić information content (AvgIpc) is 2.76. The molecular formula is C23H29N3O3. The van der Waals surface area contributed by atoms with Gasteiger partial charge in [0.25, 0.3) is 5.91 Å². The van der Waals surface area contributed by atoms with E-state index in [0.29, 0.717) is 18.8 Å². The summed E-state index contributed by atoms with van der Waals surface area (Å²) in [4.78, 5) is 22.1. The third-order valence-electron chi connectivity index (χ3n) is 5.96. The summed E-state index contributed by atoms with van der Waals surface area (Å²) in [5.74, 6) is -0.0423. The van der Waals surface area contributed by atoms with E-state index in [1.807, 2.05) is 42.2 Å². The molecule has 3 heterocycles. The second kappa shape index (κ2) is 9.03. The van der Waals surface area contributed by atoms with Gasteiger partial charge in [0.1, 0.15) is 5.69 Å². The fraction of sp³-hybridized carbons (Fsp3) is 0.478. The Kier molecular flexibility index (Phi) is 6.23. The molecule has 2 saturated heterocycles. The highest BCUT2D eigenvalue weighted by Gasteiger charge is 2.38. The van der Waals surface area contributed by atoms with Crippen LogP contribution in [0.15, 0.2) is 48.7 Å². The van der Waals surface area contributed by atoms with Crippen molar-refractivity contribution in [3.8, 4) is 0 Å². The molecule has 2 aliphatic heterocycles. The minimum atomic E-state index is -0.200. The number of benzene rings is 1. The van der Waals surface area contributed by atoms with Crippen molar-refractivity contribution < 1.29 is 14.6 Å². The van der Waals surface area contributed by atoms with Gasteiger partial charge in [-0.2, -0.15) is 0 Å². The van der Waals surface area contributed by atoms with E-state index in [0.717, 1.165) is 43.6 Å². The maximum atomic E-state index is 13.4. The Morgan fingerprint density at radius 2 is 1.90 bits per heavy atom. The Morgan fingerprint density at radius 1 is 1.14 bits per heavy atom. The lowest BCUT2D eigenvalue weighted by Gasteiger charge is -2.44. The summed E-state index contributed by atoms with van der Waals surface area (Å²) in [5, 5.41) is 9.81. The molecule has 1 amide bonds. The van der Waals surface area contributed by atoms with Gasteiger partial charge in [0.2, 0.25) is 0 Å². The number of ether oxygens (including phenoxy) is 1. The number of nitrogens with zero attached hydrogens (tertiary/aromatic N) is 3. The maximum absolute atomic E-state index is 13.4. The number of likely N-dealkylation sites (tertiary alicyclic amines) is 1. The maximum Gasteiger partial charge on any atom is 0.273 e. The van der Waals surface area contributed by atoms with E-state index in [2.05, 4.69) is 22.0 Å². The van der Waals surface area contributed by atoms with Crippen molar-refractivity contribution in [2.75, 3.05) is 32.8 Å². The molecule has 154 valence electrons. The van der Waals surface area contributed by atoms with Gasteiger partial charge in [-0.15, -0.1) is 0 Å². The summed E-state index contributed by atoms with van der Waals surface area (Å²) in [6.07, 6.45) is 2.94. The third kappa shape index (κ3) is 4.50. The van der Waals surface area contributed by atoms with Gasteiger partial charge in [0, 0.05) is 32.4 Å². The van der Waals surface area contributed by atoms with Gasteiger partial charge < -0.3 is 19.6 Å². The first-order valence-electron chi connectivity index (χ1n) is 10.4. The zero-order chi connectivity index (χ0) is 20.2. The monoisotopic (exact) mass is 395 g/mol. The summed E-state index contributed by atoms with van der Waals surface area (Å²) in [7, 11) is 0. The van der Waals surface area contributed by atoms with E-state index in [-0.39, 0.29) is 24.2 Å². The number of carbonyl (C=O) groups is 1. The number of aliphatic hydroxyl groups is 1. The number of rotatable bonds is 4. The second-order valence-corrected chi connectivity index (χ2v) is 7.96. The first-order chi connectivity index (χ1) is 14.1. The summed E-state index contributed by atoms with van der Waals surface area (Å²) < 4.78 is 6.20. The molecule has 0 unspecified atom stereocenters. The molecule has 0 bridgehead atoms. The summed E-state index contributed by atoms with van der Waals surface area (Å²) in [6.45, 7) is 5.45. The number of aryl methyl sites for hydroxylation is 1. The van der Waals surface area contributed by atoms with Crippen LogP contribution in [0, 0.1) is 6.92 Å². The predicted octanol–water partition coefficient (Wildman–Crippen LogP) is 2.43. The number of aromatic nitrogens is 1. The van der Waals surface area contributed by atoms with Crippen LogP contribution in [0.4, 0.5) is 0 Å². The molecule has 2 atom stereocenters. The quantitative estimate of drug-likeness (QED) is 0.861. The van der Waals surface area contributed by atoms with Crippen LogP contribution in [-0.4, -0.2) is 70.8 Å². The van der Waals surface area contributed by atoms with Gasteiger partial charge in [-0.1, -0.05) is 36.4 Å². The zero-order valence-electron chi connectivity index (χ0n) is 16.9. The second-order valence-electron chi connectivity index (χ2n) is 7.96. The lowest BCUT2D eigenvalue weighted by Crippen LogP contribution is -2.53. The van der Waals surface area contributed by atoms with E-state index in [1.165, 1.54) is 0 Å². The smallest absolute Gasteiger partial charge is 0.273 e. The topological polar surface area (TPSA) is 65.9 Å². The van der Waals surface area contributed by atoms with E-state index in [9.17, 15) is 9.90 Å². The van der Waals surface area contributed by atoms with Gasteiger partial charge in [-0.25, -0.2) is 0 Å². The zero-order valence-corrected chi connectivity index (χ0v) is 16.9. The number of carbonyl (C=O) groups excluding carboxylic acids is 1. The van der Waals surface area contributed by atoms with Crippen LogP contribution in [0.1, 0.15) is 40.5 Å². The molecule has 6 heteroatoms. The molecule has 1 N–H and O–H groups in total. The molecule has 2 fully saturated rings. The van der Waals surface area contributed by atoms with Crippen LogP contribution in [0.3, 0.4) is 0 Å². The summed E-state index contributed by atoms with van der Waals surface area (Å²) >= 11 is 0. The summed E-state index contributed by atoms with van der Waals surface area (Å²) in [5.41, 5.74) is 2.48. The lowest BCUT2D eigenvalue weighted by molar-refractivity contribution is -0.0772. The fourth-order valence-electron chi connectivity index (χ4n) is 4.36. The number of pyridine rings is 1. The first kappa shape index (κ1) is 20.0. The fourth-order valence-corrected chi connectivity index (χ4v) is 4.36. The highest BCUT2D eigenvalue weighted by Crippen LogP contribution is 2.32. The molecule has 1 aromatic heterocycles. The summed E-state index contributed by atoms with van der Waals surface area (Å²) in [6, 6.07) is 13.8. The highest BCUT2D eigenvalue weighted by molar-refractivity contribution is 5.94. The number of amides is 1. The Bertz CT molecular complexity index is 821. The van der Waals surface area contributed by atoms with Crippen LogP contribution in [-0.2, 0) is 4.74 Å². The predicted molar refractivity (Wildman–Crippen MR) is 111 cm³/mol. The van der Waals surface area contributed by atoms with Gasteiger partial charge in [-0.05, 0) is 37.0 Å². The van der Waals surface area contributed by atoms with Crippen LogP contribution in [0.25, 0.3) is 0 Å². The number of aliphatic hydroxyl groups excluding tert-OH is 1. The molecule has 6 nitrogen and oxygen atoms in total.